The number of nitrogens with one attached hydrogen (secondary N) is 2. The van der Waals surface area contributed by atoms with Crippen molar-refractivity contribution < 1.29 is 18.4 Å². The van der Waals surface area contributed by atoms with E-state index in [1.54, 1.807) is 6.92 Å². The molecule has 1 fully saturated rings. The second kappa shape index (κ2) is 8.17. The number of rotatable bonds is 6. The molecular formula is C14H24F2N2O2. The van der Waals surface area contributed by atoms with Crippen molar-refractivity contribution in [1.82, 2.24) is 10.6 Å². The third-order valence-electron chi connectivity index (χ3n) is 3.84. The lowest BCUT2D eigenvalue weighted by Gasteiger charge is -2.31. The number of hydrogen-bond acceptors (Lipinski definition) is 2. The van der Waals surface area contributed by atoms with Gasteiger partial charge in [-0.1, -0.05) is 26.2 Å². The van der Waals surface area contributed by atoms with Gasteiger partial charge in [-0.3, -0.25) is 9.59 Å². The first-order valence-electron chi connectivity index (χ1n) is 7.24. The van der Waals surface area contributed by atoms with E-state index in [1.165, 1.54) is 6.92 Å². The van der Waals surface area contributed by atoms with Crippen LogP contribution in [0.1, 0.15) is 46.0 Å². The highest BCUT2D eigenvalue weighted by Crippen LogP contribution is 2.29. The molecular weight excluding hydrogens is 266 g/mol. The Morgan fingerprint density at radius 2 is 1.80 bits per heavy atom. The average Bonchev–Trinajstić information content (AvgIpc) is 2.42. The summed E-state index contributed by atoms with van der Waals surface area (Å²) in [5.74, 6) is -1.30. The lowest BCUT2D eigenvalue weighted by Crippen LogP contribution is -2.49. The maximum atomic E-state index is 13.1. The smallest absolute Gasteiger partial charge is 0.258 e. The molecule has 0 aromatic rings. The van der Waals surface area contributed by atoms with Crippen LogP contribution in [0.4, 0.5) is 8.78 Å². The first-order chi connectivity index (χ1) is 9.41. The van der Waals surface area contributed by atoms with E-state index < -0.39 is 24.3 Å². The molecule has 0 unspecified atom stereocenters. The van der Waals surface area contributed by atoms with Gasteiger partial charge in [0.1, 0.15) is 0 Å². The number of hydrogen-bond donors (Lipinski definition) is 2. The predicted molar refractivity (Wildman–Crippen MR) is 72.4 cm³/mol. The second-order valence-corrected chi connectivity index (χ2v) is 5.61. The molecule has 2 amide bonds. The molecule has 1 aliphatic rings. The Balaban J connectivity index is 2.51. The maximum Gasteiger partial charge on any atom is 0.258 e. The minimum Gasteiger partial charge on any atom is -0.356 e. The van der Waals surface area contributed by atoms with E-state index in [1.807, 2.05) is 0 Å². The molecule has 0 radical (unpaired) electrons. The van der Waals surface area contributed by atoms with Gasteiger partial charge in [-0.15, -0.1) is 0 Å². The van der Waals surface area contributed by atoms with E-state index in [0.717, 1.165) is 32.1 Å². The van der Waals surface area contributed by atoms with Crippen LogP contribution in [0.15, 0.2) is 0 Å². The van der Waals surface area contributed by atoms with Gasteiger partial charge < -0.3 is 10.6 Å². The number of carbonyl (C=O) groups is 2. The lowest BCUT2D eigenvalue weighted by atomic mass is 9.84. The van der Waals surface area contributed by atoms with E-state index in [2.05, 4.69) is 10.6 Å². The Bertz CT molecular complexity index is 331. The standard InChI is InChI=1S/C14H24F2N2O2/c1-9(8-17-10(2)19)14(20)18-12(13(15)16)11-6-4-3-5-7-11/h9,11-13H,3-8H2,1-2H3,(H,17,19)(H,18,20)/t9-,12+/m1/s1. The zero-order valence-electron chi connectivity index (χ0n) is 12.1. The molecule has 2 N–H and O–H groups in total. The molecule has 0 spiro atoms. The number of amides is 2. The Hall–Kier alpha value is -1.20. The van der Waals surface area contributed by atoms with Crippen molar-refractivity contribution in [2.24, 2.45) is 11.8 Å². The van der Waals surface area contributed by atoms with Gasteiger partial charge >= 0.3 is 0 Å². The number of halogens is 2. The van der Waals surface area contributed by atoms with Crippen LogP contribution in [0, 0.1) is 11.8 Å². The van der Waals surface area contributed by atoms with Crippen molar-refractivity contribution in [3.63, 3.8) is 0 Å². The van der Waals surface area contributed by atoms with E-state index in [4.69, 9.17) is 0 Å². The third-order valence-corrected chi connectivity index (χ3v) is 3.84. The summed E-state index contributed by atoms with van der Waals surface area (Å²) in [6.07, 6.45) is 1.93. The lowest BCUT2D eigenvalue weighted by molar-refractivity contribution is -0.127. The van der Waals surface area contributed by atoms with Crippen molar-refractivity contribution in [2.45, 2.75) is 58.4 Å². The summed E-state index contributed by atoms with van der Waals surface area (Å²) in [7, 11) is 0. The molecule has 1 saturated carbocycles. The zero-order valence-corrected chi connectivity index (χ0v) is 12.1. The van der Waals surface area contributed by atoms with Gasteiger partial charge in [-0.2, -0.15) is 0 Å². The van der Waals surface area contributed by atoms with Crippen molar-refractivity contribution in [3.05, 3.63) is 0 Å². The average molecular weight is 290 g/mol. The second-order valence-electron chi connectivity index (χ2n) is 5.61. The van der Waals surface area contributed by atoms with Crippen LogP contribution in [-0.2, 0) is 9.59 Å². The molecule has 0 heterocycles. The minimum atomic E-state index is -2.55. The summed E-state index contributed by atoms with van der Waals surface area (Å²) in [6.45, 7) is 3.14. The minimum absolute atomic E-state index is 0.138. The molecule has 2 atom stereocenters. The molecule has 0 saturated heterocycles. The monoisotopic (exact) mass is 290 g/mol. The Morgan fingerprint density at radius 3 is 2.30 bits per heavy atom. The van der Waals surface area contributed by atoms with E-state index >= 15 is 0 Å². The first-order valence-corrected chi connectivity index (χ1v) is 7.24. The van der Waals surface area contributed by atoms with Gasteiger partial charge in [0.15, 0.2) is 0 Å². The molecule has 0 aromatic carbocycles. The maximum absolute atomic E-state index is 13.1. The summed E-state index contributed by atoms with van der Waals surface area (Å²) < 4.78 is 26.3. The van der Waals surface area contributed by atoms with E-state index in [0.29, 0.717) is 0 Å². The van der Waals surface area contributed by atoms with Crippen LogP contribution in [0.5, 0.6) is 0 Å². The molecule has 6 heteroatoms. The predicted octanol–water partition coefficient (Wildman–Crippen LogP) is 2.09. The van der Waals surface area contributed by atoms with Crippen LogP contribution in [0.2, 0.25) is 0 Å². The largest absolute Gasteiger partial charge is 0.356 e. The third kappa shape index (κ3) is 5.43. The van der Waals surface area contributed by atoms with Crippen LogP contribution >= 0.6 is 0 Å². The molecule has 20 heavy (non-hydrogen) atoms. The molecule has 116 valence electrons. The van der Waals surface area contributed by atoms with Gasteiger partial charge in [0.2, 0.25) is 11.8 Å². The van der Waals surface area contributed by atoms with E-state index in [-0.39, 0.29) is 18.4 Å². The van der Waals surface area contributed by atoms with Crippen LogP contribution in [0.3, 0.4) is 0 Å². The molecule has 0 aliphatic heterocycles. The fourth-order valence-electron chi connectivity index (χ4n) is 2.58. The molecule has 1 rings (SSSR count). The Labute approximate surface area is 118 Å². The van der Waals surface area contributed by atoms with Crippen molar-refractivity contribution in [1.29, 1.82) is 0 Å². The SMILES string of the molecule is CC(=O)NC[C@@H](C)C(=O)N[C@H](C(F)F)C1CCCCC1. The molecule has 0 bridgehead atoms. The fraction of sp³-hybridized carbons (Fsp3) is 0.857. The van der Waals surface area contributed by atoms with Crippen LogP contribution < -0.4 is 10.6 Å². The Morgan fingerprint density at radius 1 is 1.20 bits per heavy atom. The summed E-state index contributed by atoms with van der Waals surface area (Å²) in [5.41, 5.74) is 0. The summed E-state index contributed by atoms with van der Waals surface area (Å²) in [5, 5.41) is 4.99. The molecule has 0 aromatic heterocycles. The van der Waals surface area contributed by atoms with Crippen molar-refractivity contribution in [3.8, 4) is 0 Å². The van der Waals surface area contributed by atoms with Gasteiger partial charge in [0, 0.05) is 13.5 Å². The highest BCUT2D eigenvalue weighted by molar-refractivity contribution is 5.80. The van der Waals surface area contributed by atoms with Gasteiger partial charge in [-0.25, -0.2) is 8.78 Å². The van der Waals surface area contributed by atoms with E-state index in [9.17, 15) is 18.4 Å². The number of carbonyl (C=O) groups excluding carboxylic acids is 2. The quantitative estimate of drug-likeness (QED) is 0.787. The zero-order chi connectivity index (χ0) is 15.1. The van der Waals surface area contributed by atoms with Gasteiger partial charge in [0.25, 0.3) is 6.43 Å². The highest BCUT2D eigenvalue weighted by Gasteiger charge is 2.32. The molecule has 4 nitrogen and oxygen atoms in total. The summed E-state index contributed by atoms with van der Waals surface area (Å²) >= 11 is 0. The normalized spacial score (nSPS) is 19.4. The highest BCUT2D eigenvalue weighted by atomic mass is 19.3. The molecule has 1 aliphatic carbocycles. The van der Waals surface area contributed by atoms with Gasteiger partial charge in [0.05, 0.1) is 12.0 Å². The topological polar surface area (TPSA) is 58.2 Å². The Kier molecular flexibility index (Phi) is 6.88. The van der Waals surface area contributed by atoms with Crippen molar-refractivity contribution >= 4 is 11.8 Å². The summed E-state index contributed by atoms with van der Waals surface area (Å²) in [6, 6.07) is -1.07. The van der Waals surface area contributed by atoms with Gasteiger partial charge in [-0.05, 0) is 18.8 Å². The fourth-order valence-corrected chi connectivity index (χ4v) is 2.58. The van der Waals surface area contributed by atoms with Crippen molar-refractivity contribution in [2.75, 3.05) is 6.54 Å². The van der Waals surface area contributed by atoms with Crippen LogP contribution in [0.25, 0.3) is 0 Å². The first kappa shape index (κ1) is 16.9. The number of alkyl halides is 2. The summed E-state index contributed by atoms with van der Waals surface area (Å²) in [4.78, 5) is 22.7. The van der Waals surface area contributed by atoms with Crippen LogP contribution in [-0.4, -0.2) is 30.8 Å².